The lowest BCUT2D eigenvalue weighted by Crippen LogP contribution is -2.31. The Kier molecular flexibility index (Phi) is 5.92. The summed E-state index contributed by atoms with van der Waals surface area (Å²) >= 11 is 0. The first-order chi connectivity index (χ1) is 11.4. The number of nitrogens with zero attached hydrogens (tertiary/aromatic N) is 2. The number of imidazole rings is 1. The number of nitrogens with one attached hydrogen (secondary N) is 2. The predicted octanol–water partition coefficient (Wildman–Crippen LogP) is 1.65. The van der Waals surface area contributed by atoms with Crippen molar-refractivity contribution in [2.45, 2.75) is 39.8 Å². The molecule has 24 heavy (non-hydrogen) atoms. The average Bonchev–Trinajstić information content (AvgIpc) is 2.88. The Bertz CT molecular complexity index is 750. The molecule has 7 nitrogen and oxygen atoms in total. The zero-order chi connectivity index (χ0) is 17.7. The minimum Gasteiger partial charge on any atom is -0.461 e. The van der Waals surface area contributed by atoms with Gasteiger partial charge in [-0.2, -0.15) is 0 Å². The second kappa shape index (κ2) is 7.92. The molecule has 0 fully saturated rings. The molecule has 0 amide bonds. The van der Waals surface area contributed by atoms with Crippen molar-refractivity contribution in [3.63, 3.8) is 0 Å². The largest absolute Gasteiger partial charge is 0.461 e. The Hall–Kier alpha value is -2.41. The number of H-pyrrole nitrogens is 2. The van der Waals surface area contributed by atoms with Crippen molar-refractivity contribution in [3.05, 3.63) is 51.5 Å². The Morgan fingerprint density at radius 2 is 2.17 bits per heavy atom. The highest BCUT2D eigenvalue weighted by molar-refractivity contribution is 5.88. The van der Waals surface area contributed by atoms with Crippen LogP contribution in [0.4, 0.5) is 0 Å². The fourth-order valence-corrected chi connectivity index (χ4v) is 2.49. The summed E-state index contributed by atoms with van der Waals surface area (Å²) in [7, 11) is 1.95. The highest BCUT2D eigenvalue weighted by Gasteiger charge is 2.20. The lowest BCUT2D eigenvalue weighted by molar-refractivity contribution is 0.0517. The number of rotatable bonds is 7. The number of aromatic amines is 2. The van der Waals surface area contributed by atoms with Gasteiger partial charge in [0.2, 0.25) is 0 Å². The summed E-state index contributed by atoms with van der Waals surface area (Å²) in [5, 5.41) is 0. The minimum atomic E-state index is -0.521. The van der Waals surface area contributed by atoms with E-state index in [1.165, 1.54) is 5.56 Å². The van der Waals surface area contributed by atoms with E-state index < -0.39 is 11.7 Å². The van der Waals surface area contributed by atoms with E-state index in [-0.39, 0.29) is 18.3 Å². The molecule has 0 aliphatic heterocycles. The number of likely N-dealkylation sites (N-methyl/N-ethyl adjacent to an activating group) is 1. The molecule has 1 atom stereocenters. The summed E-state index contributed by atoms with van der Waals surface area (Å²) in [4.78, 5) is 35.1. The summed E-state index contributed by atoms with van der Waals surface area (Å²) in [5.41, 5.74) is 2.51. The van der Waals surface area contributed by atoms with Crippen molar-refractivity contribution in [3.8, 4) is 0 Å². The molecule has 130 valence electrons. The second-order valence-corrected chi connectivity index (χ2v) is 5.95. The summed E-state index contributed by atoms with van der Waals surface area (Å²) in [6, 6.07) is 4.22. The zero-order valence-electron chi connectivity index (χ0n) is 14.5. The summed E-state index contributed by atoms with van der Waals surface area (Å²) in [6.07, 6.45) is 2.58. The van der Waals surface area contributed by atoms with Gasteiger partial charge in [0.25, 0.3) is 0 Å². The number of ether oxygens (including phenoxy) is 1. The number of carbonyl (C=O) groups excluding carboxylic acids is 1. The quantitative estimate of drug-likeness (QED) is 0.752. The first kappa shape index (κ1) is 17.9. The Morgan fingerprint density at radius 3 is 2.83 bits per heavy atom. The number of hydrogen-bond donors (Lipinski definition) is 2. The molecule has 0 aliphatic carbocycles. The number of esters is 1. The molecule has 2 aromatic heterocycles. The van der Waals surface area contributed by atoms with Crippen LogP contribution in [0.3, 0.4) is 0 Å². The monoisotopic (exact) mass is 332 g/mol. The van der Waals surface area contributed by atoms with Crippen molar-refractivity contribution in [2.24, 2.45) is 0 Å². The summed E-state index contributed by atoms with van der Waals surface area (Å²) in [6.45, 7) is 6.54. The molecule has 0 aliphatic rings. The molecule has 0 spiro atoms. The van der Waals surface area contributed by atoms with Gasteiger partial charge in [0.05, 0.1) is 12.3 Å². The van der Waals surface area contributed by atoms with Crippen LogP contribution in [0.5, 0.6) is 0 Å². The maximum Gasteiger partial charge on any atom is 0.356 e. The van der Waals surface area contributed by atoms with E-state index in [1.807, 2.05) is 20.0 Å². The van der Waals surface area contributed by atoms with Crippen LogP contribution >= 0.6 is 0 Å². The summed E-state index contributed by atoms with van der Waals surface area (Å²) < 4.78 is 4.98. The third-order valence-electron chi connectivity index (χ3n) is 3.92. The van der Waals surface area contributed by atoms with Crippen LogP contribution in [0.2, 0.25) is 0 Å². The predicted molar refractivity (Wildman–Crippen MR) is 91.0 cm³/mol. The molecule has 0 saturated carbocycles. The Labute approximate surface area is 141 Å². The topological polar surface area (TPSA) is 91.1 Å². The van der Waals surface area contributed by atoms with E-state index in [4.69, 9.17) is 4.74 Å². The van der Waals surface area contributed by atoms with E-state index in [0.29, 0.717) is 12.2 Å². The highest BCUT2D eigenvalue weighted by atomic mass is 16.5. The van der Waals surface area contributed by atoms with E-state index in [2.05, 4.69) is 32.8 Å². The molecule has 7 heteroatoms. The lowest BCUT2D eigenvalue weighted by atomic mass is 10.1. The van der Waals surface area contributed by atoms with Crippen LogP contribution in [0.15, 0.2) is 23.1 Å². The first-order valence-corrected chi connectivity index (χ1v) is 8.00. The molecule has 2 aromatic rings. The van der Waals surface area contributed by atoms with Crippen molar-refractivity contribution >= 4 is 5.97 Å². The summed E-state index contributed by atoms with van der Waals surface area (Å²) in [5.74, 6) is -0.521. The van der Waals surface area contributed by atoms with Crippen LogP contribution in [-0.4, -0.2) is 45.5 Å². The number of aryl methyl sites for hydroxylation is 1. The fraction of sp³-hybridized carbons (Fsp3) is 0.471. The minimum absolute atomic E-state index is 0.188. The molecule has 0 bridgehead atoms. The van der Waals surface area contributed by atoms with E-state index in [1.54, 1.807) is 13.1 Å². The highest BCUT2D eigenvalue weighted by Crippen LogP contribution is 2.12. The van der Waals surface area contributed by atoms with Gasteiger partial charge in [-0.25, -0.2) is 9.59 Å². The van der Waals surface area contributed by atoms with Gasteiger partial charge in [-0.1, -0.05) is 0 Å². The molecule has 0 radical (unpaired) electrons. The standard InChI is InChI=1S/C17H24N4O3/c1-5-24-16(22)15-14(19-17(23)20-15)10-21(4)12(3)9-13-8-11(2)6-7-18-13/h6-8,12H,5,9-10H2,1-4H3,(H2,19,20,23). The van der Waals surface area contributed by atoms with Gasteiger partial charge >= 0.3 is 11.7 Å². The molecule has 2 heterocycles. The normalized spacial score (nSPS) is 12.4. The lowest BCUT2D eigenvalue weighted by Gasteiger charge is -2.24. The Balaban J connectivity index is 2.07. The maximum atomic E-state index is 11.9. The molecule has 2 N–H and O–H groups in total. The van der Waals surface area contributed by atoms with Crippen molar-refractivity contribution in [1.29, 1.82) is 0 Å². The zero-order valence-corrected chi connectivity index (χ0v) is 14.5. The first-order valence-electron chi connectivity index (χ1n) is 8.00. The van der Waals surface area contributed by atoms with Crippen molar-refractivity contribution in [2.75, 3.05) is 13.7 Å². The van der Waals surface area contributed by atoms with Gasteiger partial charge in [0.1, 0.15) is 5.69 Å². The van der Waals surface area contributed by atoms with Gasteiger partial charge in [0, 0.05) is 30.9 Å². The van der Waals surface area contributed by atoms with E-state index in [9.17, 15) is 9.59 Å². The van der Waals surface area contributed by atoms with Gasteiger partial charge in [0.15, 0.2) is 0 Å². The van der Waals surface area contributed by atoms with Crippen LogP contribution in [-0.2, 0) is 17.7 Å². The Morgan fingerprint density at radius 1 is 1.42 bits per heavy atom. The molecule has 0 aromatic carbocycles. The SMILES string of the molecule is CCOC(=O)c1[nH]c(=O)[nH]c1CN(C)C(C)Cc1cc(C)ccn1. The van der Waals surface area contributed by atoms with Crippen LogP contribution < -0.4 is 5.69 Å². The number of pyridine rings is 1. The smallest absolute Gasteiger partial charge is 0.356 e. The maximum absolute atomic E-state index is 11.9. The van der Waals surface area contributed by atoms with Crippen LogP contribution in [0.25, 0.3) is 0 Å². The van der Waals surface area contributed by atoms with Gasteiger partial charge in [-0.15, -0.1) is 0 Å². The fourth-order valence-electron chi connectivity index (χ4n) is 2.49. The third-order valence-corrected chi connectivity index (χ3v) is 3.92. The second-order valence-electron chi connectivity index (χ2n) is 5.95. The number of carbonyl (C=O) groups is 1. The van der Waals surface area contributed by atoms with Gasteiger partial charge < -0.3 is 9.72 Å². The number of hydrogen-bond acceptors (Lipinski definition) is 5. The van der Waals surface area contributed by atoms with Crippen LogP contribution in [0.1, 0.15) is 41.3 Å². The third kappa shape index (κ3) is 4.55. The van der Waals surface area contributed by atoms with E-state index >= 15 is 0 Å². The van der Waals surface area contributed by atoms with Gasteiger partial charge in [-0.3, -0.25) is 14.9 Å². The molecular weight excluding hydrogens is 308 g/mol. The van der Waals surface area contributed by atoms with E-state index in [0.717, 1.165) is 12.1 Å². The molecule has 0 saturated heterocycles. The molecule has 2 rings (SSSR count). The van der Waals surface area contributed by atoms with Crippen molar-refractivity contribution in [1.82, 2.24) is 19.9 Å². The average molecular weight is 332 g/mol. The van der Waals surface area contributed by atoms with Crippen LogP contribution in [0, 0.1) is 6.92 Å². The van der Waals surface area contributed by atoms with Crippen molar-refractivity contribution < 1.29 is 9.53 Å². The number of aromatic nitrogens is 3. The van der Waals surface area contributed by atoms with Gasteiger partial charge in [-0.05, 0) is 45.5 Å². The molecule has 1 unspecified atom stereocenters. The molecular formula is C17H24N4O3.